The summed E-state index contributed by atoms with van der Waals surface area (Å²) in [6, 6.07) is 0.294. The number of nitrogens with zero attached hydrogens (tertiary/aromatic N) is 2. The van der Waals surface area contributed by atoms with E-state index in [2.05, 4.69) is 4.98 Å². The van der Waals surface area contributed by atoms with Crippen LogP contribution in [0.1, 0.15) is 18.9 Å². The first-order chi connectivity index (χ1) is 4.88. The first kappa shape index (κ1) is 5.92. The van der Waals surface area contributed by atoms with Crippen LogP contribution in [0, 0.1) is 0 Å². The molecule has 1 saturated carbocycles. The summed E-state index contributed by atoms with van der Waals surface area (Å²) in [6.07, 6.45) is 7.26. The molecule has 0 amide bonds. The summed E-state index contributed by atoms with van der Waals surface area (Å²) in [7, 11) is 0. The van der Waals surface area contributed by atoms with Crippen molar-refractivity contribution in [3.05, 3.63) is 18.7 Å². The molecule has 1 aliphatic carbocycles. The van der Waals surface area contributed by atoms with Crippen LogP contribution in [0.25, 0.3) is 0 Å². The second-order valence-corrected chi connectivity index (χ2v) is 2.72. The van der Waals surface area contributed by atoms with E-state index in [1.165, 1.54) is 0 Å². The van der Waals surface area contributed by atoms with Crippen LogP contribution in [0.15, 0.2) is 18.7 Å². The molecular weight excluding hydrogens is 128 g/mol. The van der Waals surface area contributed by atoms with Gasteiger partial charge in [-0.15, -0.1) is 0 Å². The fourth-order valence-electron chi connectivity index (χ4n) is 1.28. The Morgan fingerprint density at radius 1 is 1.50 bits per heavy atom. The van der Waals surface area contributed by atoms with Crippen LogP contribution in [0.3, 0.4) is 0 Å². The van der Waals surface area contributed by atoms with Gasteiger partial charge in [-0.3, -0.25) is 0 Å². The molecular formula is C7H10N2O. The Hall–Kier alpha value is -0.830. The molecule has 10 heavy (non-hydrogen) atoms. The van der Waals surface area contributed by atoms with Crippen LogP contribution >= 0.6 is 0 Å². The molecule has 2 rings (SSSR count). The Morgan fingerprint density at radius 3 is 2.80 bits per heavy atom. The van der Waals surface area contributed by atoms with Gasteiger partial charge in [0.2, 0.25) is 0 Å². The Kier molecular flexibility index (Phi) is 1.24. The summed E-state index contributed by atoms with van der Waals surface area (Å²) in [5.41, 5.74) is 0. The quantitative estimate of drug-likeness (QED) is 0.616. The first-order valence-corrected chi connectivity index (χ1v) is 3.53. The number of aromatic nitrogens is 2. The average molecular weight is 138 g/mol. The lowest BCUT2D eigenvalue weighted by Crippen LogP contribution is -2.32. The molecule has 2 atom stereocenters. The van der Waals surface area contributed by atoms with Crippen molar-refractivity contribution in [2.24, 2.45) is 0 Å². The predicted octanol–water partition coefficient (Wildman–Crippen LogP) is 0.579. The number of rotatable bonds is 1. The second kappa shape index (κ2) is 2.09. The number of hydrogen-bond donors (Lipinski definition) is 1. The Morgan fingerprint density at radius 2 is 2.40 bits per heavy atom. The predicted molar refractivity (Wildman–Crippen MR) is 36.5 cm³/mol. The lowest BCUT2D eigenvalue weighted by molar-refractivity contribution is 0.0316. The molecule has 1 N–H and O–H groups in total. The van der Waals surface area contributed by atoms with Crippen molar-refractivity contribution in [1.82, 2.24) is 9.55 Å². The number of imidazole rings is 1. The fourth-order valence-corrected chi connectivity index (χ4v) is 1.28. The van der Waals surface area contributed by atoms with Gasteiger partial charge < -0.3 is 9.67 Å². The molecule has 0 aliphatic heterocycles. The standard InChI is InChI=1S/C7H10N2O/c10-7-2-1-6(7)9-4-3-8-5-9/h3-7,10H,1-2H2. The fraction of sp³-hybridized carbons (Fsp3) is 0.571. The molecule has 0 spiro atoms. The third-order valence-electron chi connectivity index (χ3n) is 2.11. The Bertz CT molecular complexity index is 207. The first-order valence-electron chi connectivity index (χ1n) is 3.53. The molecule has 1 aromatic heterocycles. The minimum Gasteiger partial charge on any atom is -0.391 e. The van der Waals surface area contributed by atoms with Crippen LogP contribution in [0.2, 0.25) is 0 Å². The van der Waals surface area contributed by atoms with E-state index < -0.39 is 0 Å². The van der Waals surface area contributed by atoms with Gasteiger partial charge in [0.05, 0.1) is 18.5 Å². The van der Waals surface area contributed by atoms with Crippen LogP contribution in [0.4, 0.5) is 0 Å². The maximum absolute atomic E-state index is 9.23. The van der Waals surface area contributed by atoms with E-state index in [1.807, 2.05) is 10.8 Å². The summed E-state index contributed by atoms with van der Waals surface area (Å²) in [5, 5.41) is 9.23. The third-order valence-corrected chi connectivity index (χ3v) is 2.11. The normalized spacial score (nSPS) is 31.7. The van der Waals surface area contributed by atoms with Gasteiger partial charge in [0, 0.05) is 12.4 Å². The van der Waals surface area contributed by atoms with Crippen LogP contribution < -0.4 is 0 Å². The largest absolute Gasteiger partial charge is 0.391 e. The van der Waals surface area contributed by atoms with E-state index in [1.54, 1.807) is 12.5 Å². The highest BCUT2D eigenvalue weighted by atomic mass is 16.3. The van der Waals surface area contributed by atoms with Gasteiger partial charge >= 0.3 is 0 Å². The lowest BCUT2D eigenvalue weighted by atomic mass is 9.89. The van der Waals surface area contributed by atoms with Gasteiger partial charge in [-0.05, 0) is 12.8 Å². The van der Waals surface area contributed by atoms with E-state index in [0.29, 0.717) is 6.04 Å². The molecule has 0 bridgehead atoms. The van der Waals surface area contributed by atoms with Crippen molar-refractivity contribution in [2.75, 3.05) is 0 Å². The third kappa shape index (κ3) is 0.743. The van der Waals surface area contributed by atoms with Gasteiger partial charge in [-0.1, -0.05) is 0 Å². The maximum atomic E-state index is 9.23. The number of aliphatic hydroxyl groups excluding tert-OH is 1. The van der Waals surface area contributed by atoms with Gasteiger partial charge in [0.25, 0.3) is 0 Å². The lowest BCUT2D eigenvalue weighted by Gasteiger charge is -2.33. The average Bonchev–Trinajstić information content (AvgIpc) is 2.37. The SMILES string of the molecule is OC1CCC1n1ccnc1. The van der Waals surface area contributed by atoms with Gasteiger partial charge in [-0.25, -0.2) is 4.98 Å². The Labute approximate surface area is 59.3 Å². The summed E-state index contributed by atoms with van der Waals surface area (Å²) in [5.74, 6) is 0. The maximum Gasteiger partial charge on any atom is 0.0949 e. The zero-order valence-electron chi connectivity index (χ0n) is 5.64. The zero-order valence-corrected chi connectivity index (χ0v) is 5.64. The molecule has 0 aromatic carbocycles. The van der Waals surface area contributed by atoms with E-state index in [0.717, 1.165) is 12.8 Å². The highest BCUT2D eigenvalue weighted by Crippen LogP contribution is 2.31. The van der Waals surface area contributed by atoms with Crippen LogP contribution in [-0.4, -0.2) is 20.8 Å². The number of hydrogen-bond acceptors (Lipinski definition) is 2. The van der Waals surface area contributed by atoms with Crippen molar-refractivity contribution in [1.29, 1.82) is 0 Å². The minimum atomic E-state index is -0.144. The van der Waals surface area contributed by atoms with Crippen molar-refractivity contribution in [2.45, 2.75) is 25.0 Å². The van der Waals surface area contributed by atoms with E-state index >= 15 is 0 Å². The molecule has 54 valence electrons. The molecule has 0 saturated heterocycles. The highest BCUT2D eigenvalue weighted by molar-refractivity contribution is 4.90. The zero-order chi connectivity index (χ0) is 6.97. The highest BCUT2D eigenvalue weighted by Gasteiger charge is 2.29. The van der Waals surface area contributed by atoms with E-state index in [-0.39, 0.29) is 6.10 Å². The van der Waals surface area contributed by atoms with Gasteiger partial charge in [-0.2, -0.15) is 0 Å². The Balaban J connectivity index is 2.14. The van der Waals surface area contributed by atoms with Crippen LogP contribution in [0.5, 0.6) is 0 Å². The van der Waals surface area contributed by atoms with Gasteiger partial charge in [0.1, 0.15) is 0 Å². The molecule has 0 radical (unpaired) electrons. The van der Waals surface area contributed by atoms with Crippen molar-refractivity contribution >= 4 is 0 Å². The van der Waals surface area contributed by atoms with E-state index in [9.17, 15) is 5.11 Å². The molecule has 3 nitrogen and oxygen atoms in total. The summed E-state index contributed by atoms with van der Waals surface area (Å²) < 4.78 is 1.97. The monoisotopic (exact) mass is 138 g/mol. The second-order valence-electron chi connectivity index (χ2n) is 2.72. The molecule has 1 aromatic rings. The molecule has 3 heteroatoms. The topological polar surface area (TPSA) is 38.0 Å². The summed E-state index contributed by atoms with van der Waals surface area (Å²) >= 11 is 0. The summed E-state index contributed by atoms with van der Waals surface area (Å²) in [6.45, 7) is 0. The molecule has 2 unspecified atom stereocenters. The molecule has 1 aliphatic rings. The number of aliphatic hydroxyl groups is 1. The molecule has 1 fully saturated rings. The van der Waals surface area contributed by atoms with Gasteiger partial charge in [0.15, 0.2) is 0 Å². The molecule has 1 heterocycles. The van der Waals surface area contributed by atoms with Crippen LogP contribution in [-0.2, 0) is 0 Å². The van der Waals surface area contributed by atoms with Crippen molar-refractivity contribution in [3.63, 3.8) is 0 Å². The van der Waals surface area contributed by atoms with Crippen molar-refractivity contribution < 1.29 is 5.11 Å². The van der Waals surface area contributed by atoms with Crippen molar-refractivity contribution in [3.8, 4) is 0 Å². The summed E-state index contributed by atoms with van der Waals surface area (Å²) in [4.78, 5) is 3.91. The van der Waals surface area contributed by atoms with E-state index in [4.69, 9.17) is 0 Å². The minimum absolute atomic E-state index is 0.144. The smallest absolute Gasteiger partial charge is 0.0949 e.